The number of allylic oxidation sites excluding steroid dienone is 1. The molecule has 0 aliphatic carbocycles. The Kier molecular flexibility index (Phi) is 5.35. The van der Waals surface area contributed by atoms with Crippen molar-refractivity contribution in [3.63, 3.8) is 0 Å². The Hall–Kier alpha value is -0.790. The summed E-state index contributed by atoms with van der Waals surface area (Å²) < 4.78 is 5.11. The summed E-state index contributed by atoms with van der Waals surface area (Å²) in [5.74, 6) is 0. The zero-order chi connectivity index (χ0) is 10.2. The van der Waals surface area contributed by atoms with Gasteiger partial charge in [0.2, 0.25) is 0 Å². The standard InChI is InChI=1S/C12H15ClO/c1-2-5-11-6-3-4-7-12(11)8-9-14-10-13/h2-7H,8-10H2,1H3/b5-2-. The molecule has 0 bridgehead atoms. The summed E-state index contributed by atoms with van der Waals surface area (Å²) >= 11 is 5.43. The van der Waals surface area contributed by atoms with E-state index in [2.05, 4.69) is 18.2 Å². The van der Waals surface area contributed by atoms with Crippen LogP contribution in [0.5, 0.6) is 0 Å². The minimum Gasteiger partial charge on any atom is -0.365 e. The fourth-order valence-electron chi connectivity index (χ4n) is 1.34. The molecule has 0 aromatic heterocycles. The number of hydrogen-bond acceptors (Lipinski definition) is 1. The topological polar surface area (TPSA) is 9.23 Å². The lowest BCUT2D eigenvalue weighted by atomic mass is 10.0. The van der Waals surface area contributed by atoms with E-state index in [-0.39, 0.29) is 6.07 Å². The Morgan fingerprint density at radius 2 is 2.14 bits per heavy atom. The molecule has 1 nitrogen and oxygen atoms in total. The maximum absolute atomic E-state index is 5.43. The van der Waals surface area contributed by atoms with Crippen LogP contribution in [0, 0.1) is 0 Å². The van der Waals surface area contributed by atoms with Gasteiger partial charge in [-0.3, -0.25) is 0 Å². The second kappa shape index (κ2) is 6.63. The molecule has 0 amide bonds. The van der Waals surface area contributed by atoms with Crippen LogP contribution in [0.1, 0.15) is 18.1 Å². The second-order valence-corrected chi connectivity index (χ2v) is 3.18. The third-order valence-corrected chi connectivity index (χ3v) is 2.15. The molecule has 1 aromatic rings. The van der Waals surface area contributed by atoms with Crippen LogP contribution >= 0.6 is 11.6 Å². The molecule has 76 valence electrons. The first-order chi connectivity index (χ1) is 6.88. The van der Waals surface area contributed by atoms with Crippen molar-refractivity contribution in [3.05, 3.63) is 41.5 Å². The second-order valence-electron chi connectivity index (χ2n) is 2.97. The van der Waals surface area contributed by atoms with Gasteiger partial charge in [-0.05, 0) is 24.5 Å². The Labute approximate surface area is 90.3 Å². The van der Waals surface area contributed by atoms with Crippen LogP contribution in [0.4, 0.5) is 0 Å². The maximum atomic E-state index is 5.43. The molecule has 0 spiro atoms. The van der Waals surface area contributed by atoms with Gasteiger partial charge in [-0.1, -0.05) is 48.0 Å². The summed E-state index contributed by atoms with van der Waals surface area (Å²) in [6, 6.07) is 8.58. The van der Waals surface area contributed by atoms with Crippen molar-refractivity contribution in [2.75, 3.05) is 12.7 Å². The fourth-order valence-corrected chi connectivity index (χ4v) is 1.45. The number of benzene rings is 1. The zero-order valence-corrected chi connectivity index (χ0v) is 9.13. The van der Waals surface area contributed by atoms with Gasteiger partial charge in [0.15, 0.2) is 0 Å². The molecule has 0 atom stereocenters. The molecule has 0 unspecified atom stereocenters. The van der Waals surface area contributed by atoms with E-state index in [1.165, 1.54) is 11.1 Å². The van der Waals surface area contributed by atoms with E-state index in [0.29, 0.717) is 6.61 Å². The third kappa shape index (κ3) is 3.52. The largest absolute Gasteiger partial charge is 0.365 e. The van der Waals surface area contributed by atoms with Crippen molar-refractivity contribution in [1.29, 1.82) is 0 Å². The average Bonchev–Trinajstić information content (AvgIpc) is 2.21. The molecule has 0 fully saturated rings. The quantitative estimate of drug-likeness (QED) is 0.534. The van der Waals surface area contributed by atoms with Gasteiger partial charge < -0.3 is 4.74 Å². The van der Waals surface area contributed by atoms with E-state index in [0.717, 1.165) is 6.42 Å². The molecule has 0 heterocycles. The van der Waals surface area contributed by atoms with Gasteiger partial charge in [0.05, 0.1) is 6.61 Å². The molecular formula is C12H15ClO. The van der Waals surface area contributed by atoms with Crippen molar-refractivity contribution in [2.45, 2.75) is 13.3 Å². The van der Waals surface area contributed by atoms with E-state index in [1.54, 1.807) is 0 Å². The number of rotatable bonds is 5. The molecule has 14 heavy (non-hydrogen) atoms. The third-order valence-electron chi connectivity index (χ3n) is 1.99. The van der Waals surface area contributed by atoms with Gasteiger partial charge in [0, 0.05) is 0 Å². The minimum absolute atomic E-state index is 0.270. The molecule has 2 heteroatoms. The van der Waals surface area contributed by atoms with Gasteiger partial charge in [0.1, 0.15) is 6.07 Å². The van der Waals surface area contributed by atoms with E-state index in [1.807, 2.05) is 25.1 Å². The van der Waals surface area contributed by atoms with Gasteiger partial charge in [0.25, 0.3) is 0 Å². The van der Waals surface area contributed by atoms with Crippen LogP contribution < -0.4 is 0 Å². The van der Waals surface area contributed by atoms with Crippen LogP contribution in [0.15, 0.2) is 30.3 Å². The molecule has 0 aliphatic heterocycles. The predicted molar refractivity (Wildman–Crippen MR) is 61.5 cm³/mol. The predicted octanol–water partition coefficient (Wildman–Crippen LogP) is 3.48. The molecule has 0 saturated heterocycles. The molecule has 0 aliphatic rings. The number of alkyl halides is 1. The lowest BCUT2D eigenvalue weighted by Crippen LogP contribution is -1.98. The Morgan fingerprint density at radius 3 is 2.86 bits per heavy atom. The number of ether oxygens (including phenoxy) is 1. The fraction of sp³-hybridized carbons (Fsp3) is 0.333. The Balaban J connectivity index is 2.64. The lowest BCUT2D eigenvalue weighted by molar-refractivity contribution is 0.183. The van der Waals surface area contributed by atoms with Crippen molar-refractivity contribution in [1.82, 2.24) is 0 Å². The van der Waals surface area contributed by atoms with Crippen LogP contribution in [-0.4, -0.2) is 12.7 Å². The van der Waals surface area contributed by atoms with E-state index >= 15 is 0 Å². The lowest BCUT2D eigenvalue weighted by Gasteiger charge is -2.05. The first-order valence-corrected chi connectivity index (χ1v) is 5.26. The summed E-state index contributed by atoms with van der Waals surface area (Å²) in [6.45, 7) is 2.70. The van der Waals surface area contributed by atoms with Crippen molar-refractivity contribution in [2.24, 2.45) is 0 Å². The summed E-state index contributed by atoms with van der Waals surface area (Å²) in [4.78, 5) is 0. The smallest absolute Gasteiger partial charge is 0.120 e. The molecule has 1 aromatic carbocycles. The molecule has 1 rings (SSSR count). The Bertz CT molecular complexity index is 294. The highest BCUT2D eigenvalue weighted by molar-refractivity contribution is 6.17. The van der Waals surface area contributed by atoms with Gasteiger partial charge >= 0.3 is 0 Å². The van der Waals surface area contributed by atoms with Crippen LogP contribution in [0.25, 0.3) is 6.08 Å². The average molecular weight is 211 g/mol. The maximum Gasteiger partial charge on any atom is 0.120 e. The zero-order valence-electron chi connectivity index (χ0n) is 8.37. The molecular weight excluding hydrogens is 196 g/mol. The number of halogens is 1. The summed E-state index contributed by atoms with van der Waals surface area (Å²) in [6.07, 6.45) is 5.06. The molecule has 0 radical (unpaired) electrons. The van der Waals surface area contributed by atoms with E-state index < -0.39 is 0 Å². The molecule has 0 saturated carbocycles. The van der Waals surface area contributed by atoms with Crippen molar-refractivity contribution in [3.8, 4) is 0 Å². The highest BCUT2D eigenvalue weighted by atomic mass is 35.5. The van der Waals surface area contributed by atoms with E-state index in [4.69, 9.17) is 16.3 Å². The normalized spacial score (nSPS) is 11.0. The summed E-state index contributed by atoms with van der Waals surface area (Å²) in [7, 11) is 0. The summed E-state index contributed by atoms with van der Waals surface area (Å²) in [5.41, 5.74) is 2.56. The van der Waals surface area contributed by atoms with Gasteiger partial charge in [-0.25, -0.2) is 0 Å². The van der Waals surface area contributed by atoms with Gasteiger partial charge in [-0.2, -0.15) is 0 Å². The SMILES string of the molecule is C/C=C\c1ccccc1CCOCCl. The van der Waals surface area contributed by atoms with Crippen molar-refractivity contribution >= 4 is 17.7 Å². The van der Waals surface area contributed by atoms with Gasteiger partial charge in [-0.15, -0.1) is 0 Å². The highest BCUT2D eigenvalue weighted by Crippen LogP contribution is 2.11. The summed E-state index contributed by atoms with van der Waals surface area (Å²) in [5, 5.41) is 0. The number of hydrogen-bond donors (Lipinski definition) is 0. The van der Waals surface area contributed by atoms with E-state index in [9.17, 15) is 0 Å². The molecule has 0 N–H and O–H groups in total. The van der Waals surface area contributed by atoms with Crippen molar-refractivity contribution < 1.29 is 4.74 Å². The van der Waals surface area contributed by atoms with Crippen LogP contribution in [0.3, 0.4) is 0 Å². The first-order valence-electron chi connectivity index (χ1n) is 4.72. The minimum atomic E-state index is 0.270. The highest BCUT2D eigenvalue weighted by Gasteiger charge is 1.97. The first kappa shape index (κ1) is 11.3. The Morgan fingerprint density at radius 1 is 1.36 bits per heavy atom. The van der Waals surface area contributed by atoms with Crippen LogP contribution in [-0.2, 0) is 11.2 Å². The monoisotopic (exact) mass is 210 g/mol. The van der Waals surface area contributed by atoms with Crippen LogP contribution in [0.2, 0.25) is 0 Å².